The van der Waals surface area contributed by atoms with Gasteiger partial charge in [-0.1, -0.05) is 12.1 Å². The topological polar surface area (TPSA) is 124 Å². The second-order valence-corrected chi connectivity index (χ2v) is 9.11. The lowest BCUT2D eigenvalue weighted by molar-refractivity contribution is -0.123. The monoisotopic (exact) mass is 432 g/mol. The first-order chi connectivity index (χ1) is 13.7. The summed E-state index contributed by atoms with van der Waals surface area (Å²) in [6.07, 6.45) is 1.48. The minimum absolute atomic E-state index is 0.250. The fraction of sp³-hybridized carbons (Fsp3) is 0.579. The summed E-state index contributed by atoms with van der Waals surface area (Å²) in [5.41, 5.74) is 1.22. The molecule has 2 rings (SSSR count). The first-order valence-corrected chi connectivity index (χ1v) is 10.9. The SMILES string of the molecule is CN(C)CCOc1ccc(CN(C)C2CCS(=O)(=O)CC2)cc1.O=CO.O=CO. The molecule has 1 aromatic carbocycles. The molecule has 1 aromatic rings. The third-order valence-corrected chi connectivity index (χ3v) is 6.03. The number of likely N-dealkylation sites (N-methyl/N-ethyl adjacent to an activating group) is 1. The number of benzene rings is 1. The highest BCUT2D eigenvalue weighted by molar-refractivity contribution is 7.91. The predicted molar refractivity (Wildman–Crippen MR) is 111 cm³/mol. The van der Waals surface area contributed by atoms with Crippen LogP contribution in [0.5, 0.6) is 5.75 Å². The molecule has 1 saturated heterocycles. The summed E-state index contributed by atoms with van der Waals surface area (Å²) in [5.74, 6) is 1.53. The van der Waals surface area contributed by atoms with Crippen molar-refractivity contribution in [3.8, 4) is 5.75 Å². The highest BCUT2D eigenvalue weighted by Gasteiger charge is 2.26. The quantitative estimate of drug-likeness (QED) is 0.608. The van der Waals surface area contributed by atoms with Gasteiger partial charge in [0.15, 0.2) is 0 Å². The summed E-state index contributed by atoms with van der Waals surface area (Å²) in [6.45, 7) is 1.92. The fourth-order valence-corrected chi connectivity index (χ4v) is 4.24. The van der Waals surface area contributed by atoms with Crippen molar-refractivity contribution in [1.29, 1.82) is 0 Å². The molecule has 0 unspecified atom stereocenters. The third kappa shape index (κ3) is 12.8. The largest absolute Gasteiger partial charge is 0.492 e. The van der Waals surface area contributed by atoms with Gasteiger partial charge in [-0.15, -0.1) is 0 Å². The van der Waals surface area contributed by atoms with Crippen molar-refractivity contribution >= 4 is 22.8 Å². The molecule has 2 N–H and O–H groups in total. The molecule has 166 valence electrons. The average molecular weight is 433 g/mol. The highest BCUT2D eigenvalue weighted by Crippen LogP contribution is 2.20. The third-order valence-electron chi connectivity index (χ3n) is 4.31. The number of ether oxygens (including phenoxy) is 1. The van der Waals surface area contributed by atoms with Crippen LogP contribution in [0.15, 0.2) is 24.3 Å². The Morgan fingerprint density at radius 3 is 1.97 bits per heavy atom. The molecular formula is C19H32N2O7S. The Labute approximate surface area is 172 Å². The molecule has 1 fully saturated rings. The second kappa shape index (κ2) is 14.8. The van der Waals surface area contributed by atoms with E-state index in [1.165, 1.54) is 5.56 Å². The van der Waals surface area contributed by atoms with Crippen molar-refractivity contribution < 1.29 is 33.0 Å². The van der Waals surface area contributed by atoms with Crippen molar-refractivity contribution in [2.75, 3.05) is 45.8 Å². The van der Waals surface area contributed by atoms with Crippen molar-refractivity contribution in [3.63, 3.8) is 0 Å². The number of carbonyl (C=O) groups is 2. The molecule has 29 heavy (non-hydrogen) atoms. The molecular weight excluding hydrogens is 400 g/mol. The maximum absolute atomic E-state index is 11.5. The first-order valence-electron chi connectivity index (χ1n) is 9.11. The molecule has 10 heteroatoms. The van der Waals surface area contributed by atoms with Gasteiger partial charge in [0, 0.05) is 19.1 Å². The molecule has 0 bridgehead atoms. The van der Waals surface area contributed by atoms with Gasteiger partial charge < -0.3 is 19.8 Å². The Kier molecular flexibility index (Phi) is 13.7. The van der Waals surface area contributed by atoms with Gasteiger partial charge in [0.25, 0.3) is 12.9 Å². The number of sulfone groups is 1. The molecule has 1 aliphatic rings. The van der Waals surface area contributed by atoms with E-state index in [4.69, 9.17) is 24.5 Å². The van der Waals surface area contributed by atoms with Gasteiger partial charge in [-0.2, -0.15) is 0 Å². The maximum atomic E-state index is 11.5. The number of nitrogens with zero attached hydrogens (tertiary/aromatic N) is 2. The first kappa shape index (κ1) is 26.8. The summed E-state index contributed by atoms with van der Waals surface area (Å²) in [4.78, 5) is 21.1. The van der Waals surface area contributed by atoms with Gasteiger partial charge in [-0.3, -0.25) is 14.5 Å². The number of carboxylic acid groups (broad SMARTS) is 2. The molecule has 1 aliphatic heterocycles. The lowest BCUT2D eigenvalue weighted by Gasteiger charge is -2.31. The van der Waals surface area contributed by atoms with E-state index in [2.05, 4.69) is 29.0 Å². The Bertz CT molecular complexity index is 658. The van der Waals surface area contributed by atoms with Crippen LogP contribution in [0.2, 0.25) is 0 Å². The fourth-order valence-electron chi connectivity index (χ4n) is 2.77. The van der Waals surface area contributed by atoms with Crippen LogP contribution >= 0.6 is 0 Å². The van der Waals surface area contributed by atoms with Crippen LogP contribution in [0.3, 0.4) is 0 Å². The van der Waals surface area contributed by atoms with E-state index in [9.17, 15) is 8.42 Å². The predicted octanol–water partition coefficient (Wildman–Crippen LogP) is 1.04. The van der Waals surface area contributed by atoms with Crippen LogP contribution in [0, 0.1) is 0 Å². The number of rotatable bonds is 7. The second-order valence-electron chi connectivity index (χ2n) is 6.80. The molecule has 0 saturated carbocycles. The van der Waals surface area contributed by atoms with Crippen molar-refractivity contribution in [2.45, 2.75) is 25.4 Å². The number of hydrogen-bond donors (Lipinski definition) is 2. The zero-order valence-electron chi connectivity index (χ0n) is 17.2. The standard InChI is InChI=1S/C17H28N2O3S.2CH2O2/c1-18(2)10-11-22-17-6-4-15(5-7-17)14-19(3)16-8-12-23(20,21)13-9-16;2*2-1-3/h4-7,16H,8-14H2,1-3H3;2*1H,(H,2,3). The molecule has 9 nitrogen and oxygen atoms in total. The highest BCUT2D eigenvalue weighted by atomic mass is 32.2. The van der Waals surface area contributed by atoms with Gasteiger partial charge in [-0.05, 0) is 51.7 Å². The van der Waals surface area contributed by atoms with Gasteiger partial charge in [0.05, 0.1) is 11.5 Å². The minimum Gasteiger partial charge on any atom is -0.492 e. The van der Waals surface area contributed by atoms with E-state index >= 15 is 0 Å². The lowest BCUT2D eigenvalue weighted by atomic mass is 10.1. The molecule has 0 amide bonds. The van der Waals surface area contributed by atoms with E-state index in [1.54, 1.807) is 0 Å². The smallest absolute Gasteiger partial charge is 0.290 e. The summed E-state index contributed by atoms with van der Waals surface area (Å²) >= 11 is 0. The zero-order valence-corrected chi connectivity index (χ0v) is 18.0. The molecule has 0 radical (unpaired) electrons. The Balaban J connectivity index is 0.00000116. The normalized spacial score (nSPS) is 15.5. The Hall–Kier alpha value is -2.17. The van der Waals surface area contributed by atoms with Crippen molar-refractivity contribution in [1.82, 2.24) is 9.80 Å². The summed E-state index contributed by atoms with van der Waals surface area (Å²) < 4.78 is 28.7. The molecule has 0 spiro atoms. The van der Waals surface area contributed by atoms with E-state index in [-0.39, 0.29) is 12.9 Å². The minimum atomic E-state index is -2.79. The van der Waals surface area contributed by atoms with Gasteiger partial charge in [-0.25, -0.2) is 8.42 Å². The zero-order chi connectivity index (χ0) is 22.3. The van der Waals surface area contributed by atoms with Crippen LogP contribution in [-0.2, 0) is 26.0 Å². The average Bonchev–Trinajstić information content (AvgIpc) is 2.64. The lowest BCUT2D eigenvalue weighted by Crippen LogP contribution is -2.38. The van der Waals surface area contributed by atoms with E-state index in [0.717, 1.165) is 31.7 Å². The molecule has 0 aliphatic carbocycles. The van der Waals surface area contributed by atoms with Gasteiger partial charge in [0.1, 0.15) is 22.2 Å². The molecule has 0 aromatic heterocycles. The molecule has 0 atom stereocenters. The maximum Gasteiger partial charge on any atom is 0.290 e. The van der Waals surface area contributed by atoms with Crippen molar-refractivity contribution in [2.24, 2.45) is 0 Å². The van der Waals surface area contributed by atoms with Gasteiger partial charge >= 0.3 is 0 Å². The van der Waals surface area contributed by atoms with Crippen LogP contribution in [0.1, 0.15) is 18.4 Å². The molecule has 1 heterocycles. The van der Waals surface area contributed by atoms with E-state index < -0.39 is 9.84 Å². The van der Waals surface area contributed by atoms with E-state index in [1.807, 2.05) is 26.2 Å². The Morgan fingerprint density at radius 2 is 1.52 bits per heavy atom. The summed E-state index contributed by atoms with van der Waals surface area (Å²) in [5, 5.41) is 13.8. The van der Waals surface area contributed by atoms with Gasteiger partial charge in [0.2, 0.25) is 0 Å². The van der Waals surface area contributed by atoms with Crippen molar-refractivity contribution in [3.05, 3.63) is 29.8 Å². The van der Waals surface area contributed by atoms with Crippen LogP contribution in [0.25, 0.3) is 0 Å². The van der Waals surface area contributed by atoms with E-state index in [0.29, 0.717) is 24.2 Å². The van der Waals surface area contributed by atoms with Crippen LogP contribution in [-0.4, -0.2) is 93.2 Å². The summed E-state index contributed by atoms with van der Waals surface area (Å²) in [6, 6.07) is 8.53. The Morgan fingerprint density at radius 1 is 1.03 bits per heavy atom. The van der Waals surface area contributed by atoms with Crippen LogP contribution < -0.4 is 4.74 Å². The van der Waals surface area contributed by atoms with Crippen LogP contribution in [0.4, 0.5) is 0 Å². The summed E-state index contributed by atoms with van der Waals surface area (Å²) in [7, 11) is 3.34. The number of hydrogen-bond acceptors (Lipinski definition) is 7.